The molecular formula is C11H19N3O4. The number of carbonyl (C=O) groups is 3. The van der Waals surface area contributed by atoms with Gasteiger partial charge >= 0.3 is 0 Å². The van der Waals surface area contributed by atoms with Crippen LogP contribution in [0.5, 0.6) is 0 Å². The Hall–Kier alpha value is -1.47. The summed E-state index contributed by atoms with van der Waals surface area (Å²) < 4.78 is 0. The second-order valence-corrected chi connectivity index (χ2v) is 4.35. The van der Waals surface area contributed by atoms with E-state index in [0.29, 0.717) is 19.5 Å². The predicted molar refractivity (Wildman–Crippen MR) is 63.2 cm³/mol. The van der Waals surface area contributed by atoms with E-state index in [9.17, 15) is 14.4 Å². The smallest absolute Gasteiger partial charge is 0.239 e. The minimum atomic E-state index is -0.958. The summed E-state index contributed by atoms with van der Waals surface area (Å²) in [6.07, 6.45) is 0.123. The molecule has 2 atom stereocenters. The SMILES string of the molecule is C[C@@H](O)[C@H](N)C(=O)NCCCN1C(=O)CCC1=O. The summed E-state index contributed by atoms with van der Waals surface area (Å²) in [6.45, 7) is 2.06. The standard InChI is InChI=1S/C11H19N3O4/c1-7(15)10(12)11(18)13-5-2-6-14-8(16)3-4-9(14)17/h7,10,15H,2-6,12H2,1H3,(H,13,18)/t7-,10+/m1/s1. The Morgan fingerprint density at radius 1 is 1.44 bits per heavy atom. The lowest BCUT2D eigenvalue weighted by Gasteiger charge is -2.16. The minimum Gasteiger partial charge on any atom is -0.391 e. The second kappa shape index (κ2) is 6.46. The van der Waals surface area contributed by atoms with Crippen molar-refractivity contribution < 1.29 is 19.5 Å². The van der Waals surface area contributed by atoms with Gasteiger partial charge in [0.15, 0.2) is 0 Å². The first-order chi connectivity index (χ1) is 8.43. The fourth-order valence-corrected chi connectivity index (χ4v) is 1.66. The fourth-order valence-electron chi connectivity index (χ4n) is 1.66. The van der Waals surface area contributed by atoms with Crippen molar-refractivity contribution >= 4 is 17.7 Å². The summed E-state index contributed by atoms with van der Waals surface area (Å²) in [4.78, 5) is 35.1. The van der Waals surface area contributed by atoms with Crippen LogP contribution in [0.3, 0.4) is 0 Å². The zero-order valence-electron chi connectivity index (χ0n) is 10.4. The number of aliphatic hydroxyl groups excluding tert-OH is 1. The first kappa shape index (κ1) is 14.6. The molecule has 1 rings (SSSR count). The molecule has 18 heavy (non-hydrogen) atoms. The zero-order chi connectivity index (χ0) is 13.7. The molecule has 7 heteroatoms. The lowest BCUT2D eigenvalue weighted by molar-refractivity contribution is -0.138. The third kappa shape index (κ3) is 3.78. The van der Waals surface area contributed by atoms with Crippen molar-refractivity contribution in [2.45, 2.75) is 38.3 Å². The summed E-state index contributed by atoms with van der Waals surface area (Å²) in [5, 5.41) is 11.7. The average molecular weight is 257 g/mol. The molecule has 0 unspecified atom stereocenters. The van der Waals surface area contributed by atoms with Crippen LogP contribution in [0.4, 0.5) is 0 Å². The number of carbonyl (C=O) groups excluding carboxylic acids is 3. The number of nitrogens with two attached hydrogens (primary N) is 1. The Balaban J connectivity index is 2.21. The van der Waals surface area contributed by atoms with Gasteiger partial charge in [0.1, 0.15) is 6.04 Å². The van der Waals surface area contributed by atoms with Gasteiger partial charge in [-0.05, 0) is 13.3 Å². The largest absolute Gasteiger partial charge is 0.391 e. The van der Waals surface area contributed by atoms with Crippen molar-refractivity contribution in [1.82, 2.24) is 10.2 Å². The highest BCUT2D eigenvalue weighted by molar-refractivity contribution is 6.01. The zero-order valence-corrected chi connectivity index (χ0v) is 10.4. The van der Waals surface area contributed by atoms with Crippen LogP contribution < -0.4 is 11.1 Å². The Morgan fingerprint density at radius 2 is 2.00 bits per heavy atom. The maximum atomic E-state index is 11.4. The highest BCUT2D eigenvalue weighted by Crippen LogP contribution is 2.11. The average Bonchev–Trinajstić information content (AvgIpc) is 2.64. The number of amides is 3. The van der Waals surface area contributed by atoms with Crippen molar-refractivity contribution in [3.63, 3.8) is 0 Å². The fraction of sp³-hybridized carbons (Fsp3) is 0.727. The molecule has 0 aromatic rings. The van der Waals surface area contributed by atoms with Gasteiger partial charge in [-0.1, -0.05) is 0 Å². The van der Waals surface area contributed by atoms with Gasteiger partial charge in [0, 0.05) is 25.9 Å². The van der Waals surface area contributed by atoms with Gasteiger partial charge in [0.25, 0.3) is 0 Å². The summed E-state index contributed by atoms with van der Waals surface area (Å²) >= 11 is 0. The van der Waals surface area contributed by atoms with Crippen LogP contribution in [0.25, 0.3) is 0 Å². The van der Waals surface area contributed by atoms with E-state index in [1.807, 2.05) is 0 Å². The summed E-state index contributed by atoms with van der Waals surface area (Å²) in [5.41, 5.74) is 5.43. The van der Waals surface area contributed by atoms with Crippen LogP contribution in [0.15, 0.2) is 0 Å². The minimum absolute atomic E-state index is 0.160. The molecule has 0 aromatic carbocycles. The van der Waals surface area contributed by atoms with E-state index in [1.54, 1.807) is 0 Å². The van der Waals surface area contributed by atoms with Gasteiger partial charge in [0.2, 0.25) is 17.7 Å². The number of nitrogens with one attached hydrogen (secondary N) is 1. The quantitative estimate of drug-likeness (QED) is 0.390. The third-order valence-corrected chi connectivity index (χ3v) is 2.84. The normalized spacial score (nSPS) is 18.9. The molecule has 1 aliphatic heterocycles. The Morgan fingerprint density at radius 3 is 2.50 bits per heavy atom. The Kier molecular flexibility index (Phi) is 5.24. The number of hydrogen-bond acceptors (Lipinski definition) is 5. The van der Waals surface area contributed by atoms with Gasteiger partial charge < -0.3 is 16.2 Å². The Bertz CT molecular complexity index is 327. The van der Waals surface area contributed by atoms with Crippen molar-refractivity contribution in [3.05, 3.63) is 0 Å². The van der Waals surface area contributed by atoms with E-state index in [0.717, 1.165) is 0 Å². The van der Waals surface area contributed by atoms with Crippen LogP contribution in [0.2, 0.25) is 0 Å². The Labute approximate surface area is 105 Å². The molecule has 7 nitrogen and oxygen atoms in total. The molecule has 4 N–H and O–H groups in total. The molecule has 0 aromatic heterocycles. The van der Waals surface area contributed by atoms with Crippen molar-refractivity contribution in [2.24, 2.45) is 5.73 Å². The van der Waals surface area contributed by atoms with Gasteiger partial charge in [-0.3, -0.25) is 19.3 Å². The van der Waals surface area contributed by atoms with Crippen molar-refractivity contribution in [3.8, 4) is 0 Å². The molecule has 1 saturated heterocycles. The number of rotatable bonds is 6. The van der Waals surface area contributed by atoms with Gasteiger partial charge in [-0.2, -0.15) is 0 Å². The molecule has 0 aliphatic carbocycles. The lowest BCUT2D eigenvalue weighted by Crippen LogP contribution is -2.47. The van der Waals surface area contributed by atoms with Gasteiger partial charge in [-0.25, -0.2) is 0 Å². The van der Waals surface area contributed by atoms with E-state index < -0.39 is 18.1 Å². The van der Waals surface area contributed by atoms with Crippen LogP contribution >= 0.6 is 0 Å². The van der Waals surface area contributed by atoms with E-state index in [4.69, 9.17) is 10.8 Å². The predicted octanol–water partition coefficient (Wildman–Crippen LogP) is -1.65. The lowest BCUT2D eigenvalue weighted by atomic mass is 10.2. The first-order valence-electron chi connectivity index (χ1n) is 5.98. The second-order valence-electron chi connectivity index (χ2n) is 4.35. The number of likely N-dealkylation sites (tertiary alicyclic amines) is 1. The summed E-state index contributed by atoms with van der Waals surface area (Å²) in [7, 11) is 0. The summed E-state index contributed by atoms with van der Waals surface area (Å²) in [5.74, 6) is -0.761. The third-order valence-electron chi connectivity index (χ3n) is 2.84. The first-order valence-corrected chi connectivity index (χ1v) is 5.98. The molecule has 0 spiro atoms. The summed E-state index contributed by atoms with van der Waals surface area (Å²) in [6, 6.07) is -0.958. The van der Waals surface area contributed by atoms with E-state index in [1.165, 1.54) is 11.8 Å². The molecule has 1 fully saturated rings. The van der Waals surface area contributed by atoms with E-state index in [-0.39, 0.29) is 24.7 Å². The van der Waals surface area contributed by atoms with Gasteiger partial charge in [0.05, 0.1) is 6.10 Å². The van der Waals surface area contributed by atoms with Crippen molar-refractivity contribution in [2.75, 3.05) is 13.1 Å². The molecule has 0 bridgehead atoms. The molecule has 3 amide bonds. The number of nitrogens with zero attached hydrogens (tertiary/aromatic N) is 1. The molecule has 102 valence electrons. The van der Waals surface area contributed by atoms with E-state index >= 15 is 0 Å². The van der Waals surface area contributed by atoms with Crippen LogP contribution in [0, 0.1) is 0 Å². The van der Waals surface area contributed by atoms with Gasteiger partial charge in [-0.15, -0.1) is 0 Å². The highest BCUT2D eigenvalue weighted by Gasteiger charge is 2.28. The molecule has 1 heterocycles. The number of imide groups is 1. The molecule has 1 aliphatic rings. The topological polar surface area (TPSA) is 113 Å². The maximum absolute atomic E-state index is 11.4. The van der Waals surface area contributed by atoms with Crippen LogP contribution in [-0.4, -0.2) is 53.0 Å². The maximum Gasteiger partial charge on any atom is 0.239 e. The van der Waals surface area contributed by atoms with Crippen LogP contribution in [0.1, 0.15) is 26.2 Å². The number of hydrogen-bond donors (Lipinski definition) is 3. The van der Waals surface area contributed by atoms with Crippen LogP contribution in [-0.2, 0) is 14.4 Å². The molecule has 0 saturated carbocycles. The van der Waals surface area contributed by atoms with Crippen molar-refractivity contribution in [1.29, 1.82) is 0 Å². The van der Waals surface area contributed by atoms with E-state index in [2.05, 4.69) is 5.32 Å². The molecule has 0 radical (unpaired) electrons. The molecular weight excluding hydrogens is 238 g/mol. The monoisotopic (exact) mass is 257 g/mol. The number of aliphatic hydroxyl groups is 1. The highest BCUT2D eigenvalue weighted by atomic mass is 16.3.